The van der Waals surface area contributed by atoms with Gasteiger partial charge in [-0.15, -0.1) is 0 Å². The van der Waals surface area contributed by atoms with Crippen LogP contribution in [0.15, 0.2) is 47.5 Å². The Hall–Kier alpha value is -2.47. The van der Waals surface area contributed by atoms with Gasteiger partial charge in [0, 0.05) is 11.3 Å². The van der Waals surface area contributed by atoms with E-state index in [0.29, 0.717) is 11.7 Å². The number of methoxy groups -OCH3 is 1. The second-order valence-corrected chi connectivity index (χ2v) is 7.20. The van der Waals surface area contributed by atoms with Crippen molar-refractivity contribution in [3.63, 3.8) is 0 Å². The number of benzene rings is 2. The topological polar surface area (TPSA) is 52.1 Å². The quantitative estimate of drug-likeness (QED) is 0.361. The zero-order valence-electron chi connectivity index (χ0n) is 14.2. The van der Waals surface area contributed by atoms with Crippen LogP contribution in [0.5, 0.6) is 5.75 Å². The second kappa shape index (κ2) is 7.03. The lowest BCUT2D eigenvalue weighted by Gasteiger charge is -2.09. The minimum absolute atomic E-state index is 0.158. The number of para-hydroxylation sites is 1. The van der Waals surface area contributed by atoms with Crippen molar-refractivity contribution < 1.29 is 13.9 Å². The summed E-state index contributed by atoms with van der Waals surface area (Å²) < 4.78 is 18.7. The molecule has 0 unspecified atom stereocenters. The summed E-state index contributed by atoms with van der Waals surface area (Å²) >= 11 is 1.36. The molecule has 0 atom stereocenters. The molecule has 1 aliphatic rings. The van der Waals surface area contributed by atoms with Crippen LogP contribution in [-0.2, 0) is 0 Å². The molecule has 0 amide bonds. The van der Waals surface area contributed by atoms with Crippen LogP contribution in [-0.4, -0.2) is 28.6 Å². The largest absolute Gasteiger partial charge is 0.496 e. The molecule has 132 valence electrons. The summed E-state index contributed by atoms with van der Waals surface area (Å²) in [6.45, 7) is 0. The van der Waals surface area contributed by atoms with Gasteiger partial charge in [0.05, 0.1) is 23.9 Å². The fourth-order valence-corrected chi connectivity index (χ4v) is 3.72. The van der Waals surface area contributed by atoms with Crippen LogP contribution in [0, 0.1) is 5.82 Å². The maximum Gasteiger partial charge on any atom is 0.176 e. The third kappa shape index (κ3) is 3.42. The summed E-state index contributed by atoms with van der Waals surface area (Å²) in [5.41, 5.74) is 1.14. The lowest BCUT2D eigenvalue weighted by atomic mass is 10.1. The molecule has 1 aliphatic carbocycles. The van der Waals surface area contributed by atoms with Crippen LogP contribution < -0.4 is 4.74 Å². The number of fused-ring (bicyclic) bond motifs is 1. The number of carbonyl (C=O) groups excluding carboxylic acids is 1. The average Bonchev–Trinajstić information content (AvgIpc) is 3.51. The van der Waals surface area contributed by atoms with E-state index in [-0.39, 0.29) is 17.1 Å². The third-order valence-corrected chi connectivity index (χ3v) is 5.32. The molecule has 1 aromatic heterocycles. The maximum absolute atomic E-state index is 13.5. The van der Waals surface area contributed by atoms with E-state index in [1.165, 1.54) is 37.1 Å². The molecule has 1 heterocycles. The SMILES string of the molecule is COc1ccc(F)cc1C(=O)CSc1nc(C2CC2)nc2ccccc12. The molecule has 0 saturated heterocycles. The third-order valence-electron chi connectivity index (χ3n) is 4.33. The molecular weight excluding hydrogens is 351 g/mol. The van der Waals surface area contributed by atoms with Gasteiger partial charge in [0.25, 0.3) is 0 Å². The summed E-state index contributed by atoms with van der Waals surface area (Å²) in [6, 6.07) is 11.8. The molecule has 1 saturated carbocycles. The summed E-state index contributed by atoms with van der Waals surface area (Å²) in [6.07, 6.45) is 2.23. The van der Waals surface area contributed by atoms with Crippen molar-refractivity contribution in [2.75, 3.05) is 12.9 Å². The zero-order valence-corrected chi connectivity index (χ0v) is 15.1. The van der Waals surface area contributed by atoms with E-state index < -0.39 is 5.82 Å². The van der Waals surface area contributed by atoms with Gasteiger partial charge in [-0.2, -0.15) is 0 Å². The van der Waals surface area contributed by atoms with Gasteiger partial charge in [0.1, 0.15) is 22.4 Å². The molecule has 3 aromatic rings. The van der Waals surface area contributed by atoms with Gasteiger partial charge in [0.15, 0.2) is 5.78 Å². The van der Waals surface area contributed by atoms with Crippen LogP contribution in [0.3, 0.4) is 0 Å². The van der Waals surface area contributed by atoms with Crippen LogP contribution in [0.2, 0.25) is 0 Å². The highest BCUT2D eigenvalue weighted by Crippen LogP contribution is 2.40. The number of halogens is 1. The van der Waals surface area contributed by atoms with Gasteiger partial charge < -0.3 is 4.74 Å². The Labute approximate surface area is 154 Å². The van der Waals surface area contributed by atoms with Gasteiger partial charge in [-0.25, -0.2) is 14.4 Å². The summed E-state index contributed by atoms with van der Waals surface area (Å²) in [4.78, 5) is 21.9. The Bertz CT molecular complexity index is 989. The Morgan fingerprint density at radius 1 is 1.23 bits per heavy atom. The van der Waals surface area contributed by atoms with Gasteiger partial charge in [0.2, 0.25) is 0 Å². The molecule has 4 nitrogen and oxygen atoms in total. The first-order valence-corrected chi connectivity index (χ1v) is 9.40. The molecule has 0 radical (unpaired) electrons. The maximum atomic E-state index is 13.5. The van der Waals surface area contributed by atoms with Crippen molar-refractivity contribution in [3.05, 3.63) is 59.7 Å². The number of carbonyl (C=O) groups is 1. The van der Waals surface area contributed by atoms with E-state index in [9.17, 15) is 9.18 Å². The van der Waals surface area contributed by atoms with Crippen LogP contribution in [0.25, 0.3) is 10.9 Å². The molecule has 2 aromatic carbocycles. The Morgan fingerprint density at radius 2 is 2.04 bits per heavy atom. The number of rotatable bonds is 6. The molecule has 6 heteroatoms. The first-order valence-electron chi connectivity index (χ1n) is 8.42. The first kappa shape index (κ1) is 17.0. The second-order valence-electron chi connectivity index (χ2n) is 6.23. The number of nitrogens with zero attached hydrogens (tertiary/aromatic N) is 2. The lowest BCUT2D eigenvalue weighted by molar-refractivity contribution is 0.101. The van der Waals surface area contributed by atoms with Gasteiger partial charge in [-0.3, -0.25) is 4.79 Å². The number of ether oxygens (including phenoxy) is 1. The van der Waals surface area contributed by atoms with Gasteiger partial charge >= 0.3 is 0 Å². The van der Waals surface area contributed by atoms with Gasteiger partial charge in [-0.05, 0) is 37.1 Å². The molecule has 0 N–H and O–H groups in total. The predicted molar refractivity (Wildman–Crippen MR) is 99.5 cm³/mol. The Balaban J connectivity index is 1.62. The van der Waals surface area contributed by atoms with Crippen molar-refractivity contribution >= 4 is 28.4 Å². The van der Waals surface area contributed by atoms with Crippen LogP contribution >= 0.6 is 11.8 Å². The molecule has 26 heavy (non-hydrogen) atoms. The Kier molecular flexibility index (Phi) is 4.59. The van der Waals surface area contributed by atoms with E-state index in [4.69, 9.17) is 4.74 Å². The number of aromatic nitrogens is 2. The van der Waals surface area contributed by atoms with E-state index in [0.717, 1.165) is 34.6 Å². The molecule has 4 rings (SSSR count). The normalized spacial score (nSPS) is 13.8. The molecule has 0 aliphatic heterocycles. The standard InChI is InChI=1S/C20H17FN2O2S/c1-25-18-9-8-13(21)10-15(18)17(24)11-26-20-14-4-2-3-5-16(14)22-19(23-20)12-6-7-12/h2-5,8-10,12H,6-7,11H2,1H3. The van der Waals surface area contributed by atoms with Crippen LogP contribution in [0.1, 0.15) is 34.9 Å². The highest BCUT2D eigenvalue weighted by molar-refractivity contribution is 8.00. The van der Waals surface area contributed by atoms with Crippen molar-refractivity contribution in [2.24, 2.45) is 0 Å². The fourth-order valence-electron chi connectivity index (χ4n) is 2.81. The minimum atomic E-state index is -0.456. The summed E-state index contributed by atoms with van der Waals surface area (Å²) in [7, 11) is 1.47. The van der Waals surface area contributed by atoms with Crippen molar-refractivity contribution in [1.82, 2.24) is 9.97 Å². The summed E-state index contributed by atoms with van der Waals surface area (Å²) in [5, 5.41) is 1.72. The summed E-state index contributed by atoms with van der Waals surface area (Å²) in [5.74, 6) is 1.16. The number of hydrogen-bond donors (Lipinski definition) is 0. The van der Waals surface area contributed by atoms with E-state index in [2.05, 4.69) is 9.97 Å². The van der Waals surface area contributed by atoms with Crippen molar-refractivity contribution in [2.45, 2.75) is 23.8 Å². The highest BCUT2D eigenvalue weighted by Gasteiger charge is 2.27. The van der Waals surface area contributed by atoms with Gasteiger partial charge in [-0.1, -0.05) is 30.0 Å². The molecule has 0 spiro atoms. The van der Waals surface area contributed by atoms with Crippen LogP contribution in [0.4, 0.5) is 4.39 Å². The van der Waals surface area contributed by atoms with Crippen molar-refractivity contribution in [1.29, 1.82) is 0 Å². The molecule has 0 bridgehead atoms. The number of ketones is 1. The monoisotopic (exact) mass is 368 g/mol. The van der Waals surface area contributed by atoms with E-state index in [1.807, 2.05) is 24.3 Å². The first-order chi connectivity index (χ1) is 12.7. The number of thioether (sulfide) groups is 1. The fraction of sp³-hybridized carbons (Fsp3) is 0.250. The number of Topliss-reactive ketones (excluding diaryl/α,β-unsaturated/α-hetero) is 1. The smallest absolute Gasteiger partial charge is 0.176 e. The molecular formula is C20H17FN2O2S. The van der Waals surface area contributed by atoms with E-state index in [1.54, 1.807) is 0 Å². The average molecular weight is 368 g/mol. The predicted octanol–water partition coefficient (Wildman–Crippen LogP) is 4.63. The Morgan fingerprint density at radius 3 is 2.81 bits per heavy atom. The minimum Gasteiger partial charge on any atom is -0.496 e. The van der Waals surface area contributed by atoms with Crippen molar-refractivity contribution in [3.8, 4) is 5.75 Å². The molecule has 1 fully saturated rings. The number of hydrogen-bond acceptors (Lipinski definition) is 5. The lowest BCUT2D eigenvalue weighted by Crippen LogP contribution is -2.06. The zero-order chi connectivity index (χ0) is 18.1. The van der Waals surface area contributed by atoms with E-state index >= 15 is 0 Å². The highest BCUT2D eigenvalue weighted by atomic mass is 32.2.